The van der Waals surface area contributed by atoms with Crippen molar-refractivity contribution in [3.05, 3.63) is 35.9 Å². The zero-order valence-electron chi connectivity index (χ0n) is 16.5. The molecule has 1 aromatic rings. The predicted molar refractivity (Wildman–Crippen MR) is 107 cm³/mol. The number of benzene rings is 1. The van der Waals surface area contributed by atoms with Crippen LogP contribution in [-0.4, -0.2) is 64.7 Å². The Balaban J connectivity index is 2.04. The van der Waals surface area contributed by atoms with Crippen molar-refractivity contribution in [2.75, 3.05) is 19.6 Å². The molecule has 1 saturated heterocycles. The normalized spacial score (nSPS) is 18.4. The van der Waals surface area contributed by atoms with Gasteiger partial charge in [-0.3, -0.25) is 15.3 Å². The van der Waals surface area contributed by atoms with Crippen molar-refractivity contribution < 1.29 is 24.6 Å². The predicted octanol–water partition coefficient (Wildman–Crippen LogP) is 1.42. The summed E-state index contributed by atoms with van der Waals surface area (Å²) in [6.45, 7) is 0.778. The minimum Gasteiger partial charge on any atom is -0.481 e. The van der Waals surface area contributed by atoms with Crippen molar-refractivity contribution in [1.82, 2.24) is 16.0 Å². The summed E-state index contributed by atoms with van der Waals surface area (Å²) in [6.07, 6.45) is 3.17. The third-order valence-corrected chi connectivity index (χ3v) is 5.32. The van der Waals surface area contributed by atoms with E-state index in [0.717, 1.165) is 5.56 Å². The van der Waals surface area contributed by atoms with Crippen molar-refractivity contribution in [1.29, 1.82) is 0 Å². The summed E-state index contributed by atoms with van der Waals surface area (Å²) in [4.78, 5) is 37.5. The molecule has 159 valence electrons. The Morgan fingerprint density at radius 1 is 1.17 bits per heavy atom. The third kappa shape index (κ3) is 6.83. The molecule has 8 heteroatoms. The second kappa shape index (κ2) is 11.5. The fourth-order valence-electron chi connectivity index (χ4n) is 3.70. The first-order valence-electron chi connectivity index (χ1n) is 10.1. The van der Waals surface area contributed by atoms with E-state index >= 15 is 0 Å². The van der Waals surface area contributed by atoms with Crippen LogP contribution in [-0.2, 0) is 20.8 Å². The van der Waals surface area contributed by atoms with E-state index in [4.69, 9.17) is 5.73 Å². The molecule has 29 heavy (non-hydrogen) atoms. The number of hydrogen-bond donors (Lipinski definition) is 3. The van der Waals surface area contributed by atoms with Crippen LogP contribution in [0.4, 0.5) is 0 Å². The van der Waals surface area contributed by atoms with Crippen LogP contribution in [0.1, 0.15) is 37.7 Å². The Labute approximate surface area is 171 Å². The molecule has 2 rings (SSSR count). The van der Waals surface area contributed by atoms with E-state index < -0.39 is 29.9 Å². The molecule has 1 aromatic carbocycles. The average Bonchev–Trinajstić information content (AvgIpc) is 3.20. The van der Waals surface area contributed by atoms with Crippen LogP contribution in [0.3, 0.4) is 0 Å². The van der Waals surface area contributed by atoms with Gasteiger partial charge >= 0.3 is 11.9 Å². The smallest absolute Gasteiger partial charge is 0.326 e. The highest BCUT2D eigenvalue weighted by Gasteiger charge is 2.37. The first-order chi connectivity index (χ1) is 13.9. The quantitative estimate of drug-likeness (QED) is 0.452. The lowest BCUT2D eigenvalue weighted by Gasteiger charge is -2.28. The van der Waals surface area contributed by atoms with Crippen LogP contribution >= 0.6 is 0 Å². The monoisotopic (exact) mass is 404 g/mol. The van der Waals surface area contributed by atoms with Crippen LogP contribution in [0.5, 0.6) is 0 Å². The minimum atomic E-state index is -1.01. The lowest BCUT2D eigenvalue weighted by molar-refractivity contribution is -0.149. The van der Waals surface area contributed by atoms with Crippen LogP contribution in [0.2, 0.25) is 0 Å². The second-order valence-electron chi connectivity index (χ2n) is 7.46. The molecule has 1 aliphatic rings. The minimum absolute atomic E-state index is 0.118. The maximum Gasteiger partial charge on any atom is 0.326 e. The number of aliphatic carboxylic acids is 2. The van der Waals surface area contributed by atoms with Crippen LogP contribution in [0, 0.1) is 5.92 Å². The number of amides is 1. The molecule has 1 fully saturated rings. The topological polar surface area (TPSA) is 131 Å². The summed E-state index contributed by atoms with van der Waals surface area (Å²) < 4.78 is 0. The zero-order valence-corrected chi connectivity index (χ0v) is 16.5. The van der Waals surface area contributed by atoms with Gasteiger partial charge in [0.2, 0.25) is 5.91 Å². The van der Waals surface area contributed by atoms with Crippen molar-refractivity contribution in [3.63, 3.8) is 0 Å². The van der Waals surface area contributed by atoms with Gasteiger partial charge in [-0.25, -0.2) is 4.79 Å². The Kier molecular flexibility index (Phi) is 9.08. The van der Waals surface area contributed by atoms with E-state index in [-0.39, 0.29) is 19.0 Å². The molecular formula is C21H30N3O5. The van der Waals surface area contributed by atoms with Gasteiger partial charge < -0.3 is 20.4 Å². The number of carbonyl (C=O) groups is 3. The molecule has 3 unspecified atom stereocenters. The number of carboxylic acid groups (broad SMARTS) is 2. The van der Waals surface area contributed by atoms with Crippen molar-refractivity contribution in [2.24, 2.45) is 5.92 Å². The standard InChI is InChI=1S/C21H30N3O5/c22-11-5-4-9-17(19(25)24-12-6-10-18(24)21(28)29)23-14-16(20(26)27)13-15-7-2-1-3-8-15/h1-3,7-8,16-18,22-23H,4-6,9-14H2,(H,26,27)(H,28,29). The fraction of sp³-hybridized carbons (Fsp3) is 0.571. The van der Waals surface area contributed by atoms with Gasteiger partial charge in [-0.05, 0) is 37.7 Å². The molecule has 0 aliphatic carbocycles. The molecular weight excluding hydrogens is 374 g/mol. The van der Waals surface area contributed by atoms with Gasteiger partial charge in [-0.15, -0.1) is 0 Å². The summed E-state index contributed by atoms with van der Waals surface area (Å²) in [5, 5.41) is 22.0. The molecule has 0 saturated carbocycles. The van der Waals surface area contributed by atoms with Crippen LogP contribution in [0.25, 0.3) is 0 Å². The van der Waals surface area contributed by atoms with Crippen molar-refractivity contribution in [3.8, 4) is 0 Å². The van der Waals surface area contributed by atoms with Crippen LogP contribution < -0.4 is 11.1 Å². The number of carboxylic acids is 2. The maximum absolute atomic E-state index is 13.0. The highest BCUT2D eigenvalue weighted by molar-refractivity contribution is 5.87. The van der Waals surface area contributed by atoms with E-state index in [1.54, 1.807) is 0 Å². The number of hydrogen-bond acceptors (Lipinski definition) is 4. The van der Waals surface area contributed by atoms with E-state index in [2.05, 4.69) is 5.32 Å². The third-order valence-electron chi connectivity index (χ3n) is 5.32. The summed E-state index contributed by atoms with van der Waals surface area (Å²) in [5.41, 5.74) is 8.20. The van der Waals surface area contributed by atoms with Gasteiger partial charge in [0.1, 0.15) is 6.04 Å². The summed E-state index contributed by atoms with van der Waals surface area (Å²) in [7, 11) is 0. The molecule has 1 radical (unpaired) electrons. The number of likely N-dealkylation sites (tertiary alicyclic amines) is 1. The largest absolute Gasteiger partial charge is 0.481 e. The highest BCUT2D eigenvalue weighted by Crippen LogP contribution is 2.20. The molecule has 3 atom stereocenters. The van der Waals surface area contributed by atoms with Crippen molar-refractivity contribution >= 4 is 17.8 Å². The molecule has 0 aromatic heterocycles. The molecule has 1 amide bonds. The van der Waals surface area contributed by atoms with E-state index in [0.29, 0.717) is 45.1 Å². The second-order valence-corrected chi connectivity index (χ2v) is 7.46. The summed E-state index contributed by atoms with van der Waals surface area (Å²) in [6, 6.07) is 7.86. The first kappa shape index (κ1) is 22.8. The van der Waals surface area contributed by atoms with E-state index in [1.165, 1.54) is 4.90 Å². The average molecular weight is 404 g/mol. The maximum atomic E-state index is 13.0. The van der Waals surface area contributed by atoms with Gasteiger partial charge in [0.15, 0.2) is 0 Å². The Bertz CT molecular complexity index is 682. The van der Waals surface area contributed by atoms with E-state index in [9.17, 15) is 24.6 Å². The van der Waals surface area contributed by atoms with Gasteiger partial charge in [-0.2, -0.15) is 0 Å². The summed E-state index contributed by atoms with van der Waals surface area (Å²) in [5.74, 6) is -2.93. The number of rotatable bonds is 12. The number of carbonyl (C=O) groups excluding carboxylic acids is 1. The molecule has 4 N–H and O–H groups in total. The molecule has 0 spiro atoms. The van der Waals surface area contributed by atoms with E-state index in [1.807, 2.05) is 30.3 Å². The number of nitrogens with zero attached hydrogens (tertiary/aromatic N) is 1. The van der Waals surface area contributed by atoms with Gasteiger partial charge in [0.25, 0.3) is 0 Å². The first-order valence-corrected chi connectivity index (χ1v) is 10.1. The van der Waals surface area contributed by atoms with Crippen molar-refractivity contribution in [2.45, 2.75) is 50.6 Å². The lowest BCUT2D eigenvalue weighted by atomic mass is 9.98. The highest BCUT2D eigenvalue weighted by atomic mass is 16.4. The van der Waals surface area contributed by atoms with Gasteiger partial charge in [-0.1, -0.05) is 36.8 Å². The lowest BCUT2D eigenvalue weighted by Crippen LogP contribution is -2.51. The molecule has 1 heterocycles. The SMILES string of the molecule is [NH]CCCCC(NCC(Cc1ccccc1)C(=O)O)C(=O)N1CCCC1C(=O)O. The van der Waals surface area contributed by atoms with Gasteiger partial charge in [0.05, 0.1) is 12.0 Å². The van der Waals surface area contributed by atoms with Crippen LogP contribution in [0.15, 0.2) is 30.3 Å². The van der Waals surface area contributed by atoms with Gasteiger partial charge in [0, 0.05) is 19.6 Å². The summed E-state index contributed by atoms with van der Waals surface area (Å²) >= 11 is 0. The number of nitrogens with one attached hydrogen (secondary N) is 2. The zero-order chi connectivity index (χ0) is 21.2. The Morgan fingerprint density at radius 3 is 2.52 bits per heavy atom. The Hall–Kier alpha value is -2.45. The molecule has 8 nitrogen and oxygen atoms in total. The molecule has 0 bridgehead atoms. The number of unbranched alkanes of at least 4 members (excludes halogenated alkanes) is 1. The molecule has 1 aliphatic heterocycles. The Morgan fingerprint density at radius 2 is 1.90 bits per heavy atom. The fourth-order valence-corrected chi connectivity index (χ4v) is 3.70.